The Morgan fingerprint density at radius 2 is 2.00 bits per heavy atom. The summed E-state index contributed by atoms with van der Waals surface area (Å²) in [6.45, 7) is 3.12. The van der Waals surface area contributed by atoms with Crippen LogP contribution in [0.3, 0.4) is 0 Å². The van der Waals surface area contributed by atoms with Crippen LogP contribution < -0.4 is 0 Å². The Kier molecular flexibility index (Phi) is 7.36. The topological polar surface area (TPSA) is 68.7 Å². The van der Waals surface area contributed by atoms with Crippen LogP contribution in [-0.2, 0) is 16.0 Å². The minimum Gasteiger partial charge on any atom is -0.461 e. The molecule has 0 unspecified atom stereocenters. The summed E-state index contributed by atoms with van der Waals surface area (Å²) in [7, 11) is 1.58. The molecule has 0 aliphatic rings. The highest BCUT2D eigenvalue weighted by atomic mass is 35.5. The fourth-order valence-electron chi connectivity index (χ4n) is 2.07. The lowest BCUT2D eigenvalue weighted by atomic mass is 10.2. The highest BCUT2D eigenvalue weighted by molar-refractivity contribution is 7.09. The van der Waals surface area contributed by atoms with Gasteiger partial charge in [-0.2, -0.15) is 0 Å². The van der Waals surface area contributed by atoms with E-state index in [-0.39, 0.29) is 18.1 Å². The zero-order chi connectivity index (χ0) is 18.2. The molecule has 6 nitrogen and oxygen atoms in total. The number of carbonyl (C=O) groups excluding carboxylic acids is 2. The van der Waals surface area contributed by atoms with Crippen molar-refractivity contribution in [3.05, 3.63) is 50.9 Å². The van der Waals surface area contributed by atoms with E-state index in [0.29, 0.717) is 35.4 Å². The fraction of sp³-hybridized carbons (Fsp3) is 0.353. The highest BCUT2D eigenvalue weighted by Gasteiger charge is 2.19. The number of rotatable bonds is 8. The predicted octanol–water partition coefficient (Wildman–Crippen LogP) is 3.26. The van der Waals surface area contributed by atoms with E-state index >= 15 is 0 Å². The van der Waals surface area contributed by atoms with Crippen molar-refractivity contribution in [2.75, 3.05) is 26.9 Å². The van der Waals surface area contributed by atoms with Crippen LogP contribution in [0.25, 0.3) is 0 Å². The zero-order valence-corrected chi connectivity index (χ0v) is 15.6. The van der Waals surface area contributed by atoms with Crippen molar-refractivity contribution in [2.45, 2.75) is 13.5 Å². The third kappa shape index (κ3) is 5.52. The number of aromatic nitrogens is 1. The van der Waals surface area contributed by atoms with Crippen molar-refractivity contribution in [3.8, 4) is 0 Å². The Bertz CT molecular complexity index is 718. The Labute approximate surface area is 155 Å². The van der Waals surface area contributed by atoms with Gasteiger partial charge in [0.2, 0.25) is 0 Å². The number of esters is 1. The standard InChI is InChI=1S/C17H19ClN2O4S/c1-3-24-17(22)14-11-25-15(19-14)10-20(8-9-23-2)16(21)12-4-6-13(18)7-5-12/h4-7,11H,3,8-10H2,1-2H3. The molecule has 0 saturated carbocycles. The molecule has 1 heterocycles. The highest BCUT2D eigenvalue weighted by Crippen LogP contribution is 2.17. The normalized spacial score (nSPS) is 10.5. The van der Waals surface area contributed by atoms with Crippen LogP contribution in [-0.4, -0.2) is 48.6 Å². The van der Waals surface area contributed by atoms with Gasteiger partial charge in [0.05, 0.1) is 19.8 Å². The van der Waals surface area contributed by atoms with Crippen LogP contribution >= 0.6 is 22.9 Å². The second-order valence-electron chi connectivity index (χ2n) is 5.07. The first-order chi connectivity index (χ1) is 12.0. The number of halogens is 1. The van der Waals surface area contributed by atoms with E-state index in [9.17, 15) is 9.59 Å². The molecule has 0 bridgehead atoms. The van der Waals surface area contributed by atoms with Crippen molar-refractivity contribution >= 4 is 34.8 Å². The molecule has 0 fully saturated rings. The van der Waals surface area contributed by atoms with Crippen LogP contribution in [0.2, 0.25) is 5.02 Å². The summed E-state index contributed by atoms with van der Waals surface area (Å²) >= 11 is 7.18. The van der Waals surface area contributed by atoms with Gasteiger partial charge in [0, 0.05) is 29.6 Å². The van der Waals surface area contributed by atoms with Gasteiger partial charge < -0.3 is 14.4 Å². The smallest absolute Gasteiger partial charge is 0.357 e. The molecule has 25 heavy (non-hydrogen) atoms. The Morgan fingerprint density at radius 1 is 1.28 bits per heavy atom. The van der Waals surface area contributed by atoms with E-state index in [0.717, 1.165) is 0 Å². The molecule has 0 aliphatic heterocycles. The zero-order valence-electron chi connectivity index (χ0n) is 14.0. The summed E-state index contributed by atoms with van der Waals surface area (Å²) in [5.74, 6) is -0.612. The van der Waals surface area contributed by atoms with E-state index in [4.69, 9.17) is 21.1 Å². The number of benzene rings is 1. The predicted molar refractivity (Wildman–Crippen MR) is 96.1 cm³/mol. The molecule has 0 radical (unpaired) electrons. The number of thiazole rings is 1. The number of methoxy groups -OCH3 is 1. The molecule has 8 heteroatoms. The van der Waals surface area contributed by atoms with E-state index in [1.54, 1.807) is 48.6 Å². The lowest BCUT2D eigenvalue weighted by molar-refractivity contribution is 0.0520. The maximum atomic E-state index is 12.7. The van der Waals surface area contributed by atoms with E-state index in [1.165, 1.54) is 11.3 Å². The summed E-state index contributed by atoms with van der Waals surface area (Å²) in [5.41, 5.74) is 0.787. The van der Waals surface area contributed by atoms with Gasteiger partial charge in [-0.05, 0) is 31.2 Å². The van der Waals surface area contributed by atoms with Crippen molar-refractivity contribution in [2.24, 2.45) is 0 Å². The minimum atomic E-state index is -0.461. The van der Waals surface area contributed by atoms with Gasteiger partial charge in [-0.1, -0.05) is 11.6 Å². The van der Waals surface area contributed by atoms with Gasteiger partial charge in [0.15, 0.2) is 5.69 Å². The number of hydrogen-bond donors (Lipinski definition) is 0. The molecule has 2 aromatic rings. The second kappa shape index (κ2) is 9.50. The molecule has 0 spiro atoms. The molecular weight excluding hydrogens is 364 g/mol. The SMILES string of the molecule is CCOC(=O)c1csc(CN(CCOC)C(=O)c2ccc(Cl)cc2)n1. The molecule has 1 aromatic carbocycles. The van der Waals surface area contributed by atoms with Crippen LogP contribution in [0.5, 0.6) is 0 Å². The molecule has 0 saturated heterocycles. The van der Waals surface area contributed by atoms with Gasteiger partial charge in [0.1, 0.15) is 5.01 Å². The number of ether oxygens (including phenoxy) is 2. The average molecular weight is 383 g/mol. The maximum Gasteiger partial charge on any atom is 0.357 e. The van der Waals surface area contributed by atoms with Crippen molar-refractivity contribution in [3.63, 3.8) is 0 Å². The molecule has 0 atom stereocenters. The number of amides is 1. The molecule has 0 N–H and O–H groups in total. The quantitative estimate of drug-likeness (QED) is 0.655. The van der Waals surface area contributed by atoms with Crippen LogP contribution in [0, 0.1) is 0 Å². The molecular formula is C17H19ClN2O4S. The molecule has 2 rings (SSSR count). The van der Waals surface area contributed by atoms with E-state index < -0.39 is 5.97 Å². The number of hydrogen-bond acceptors (Lipinski definition) is 6. The first-order valence-corrected chi connectivity index (χ1v) is 8.96. The lowest BCUT2D eigenvalue weighted by Gasteiger charge is -2.21. The van der Waals surface area contributed by atoms with Gasteiger partial charge in [-0.15, -0.1) is 11.3 Å². The first-order valence-electron chi connectivity index (χ1n) is 7.70. The summed E-state index contributed by atoms with van der Waals surface area (Å²) in [4.78, 5) is 30.3. The van der Waals surface area contributed by atoms with Gasteiger partial charge >= 0.3 is 5.97 Å². The van der Waals surface area contributed by atoms with E-state index in [2.05, 4.69) is 4.98 Å². The molecule has 1 aromatic heterocycles. The summed E-state index contributed by atoms with van der Waals surface area (Å²) in [5, 5.41) is 2.86. The second-order valence-corrected chi connectivity index (χ2v) is 6.45. The largest absolute Gasteiger partial charge is 0.461 e. The Morgan fingerprint density at radius 3 is 2.64 bits per heavy atom. The third-order valence-corrected chi connectivity index (χ3v) is 4.39. The molecule has 0 aliphatic carbocycles. The summed E-state index contributed by atoms with van der Waals surface area (Å²) in [6, 6.07) is 6.70. The number of carbonyl (C=O) groups is 2. The van der Waals surface area contributed by atoms with Gasteiger partial charge in [-0.3, -0.25) is 4.79 Å². The van der Waals surface area contributed by atoms with Crippen LogP contribution in [0.1, 0.15) is 32.8 Å². The Balaban J connectivity index is 2.13. The van der Waals surface area contributed by atoms with Gasteiger partial charge in [-0.25, -0.2) is 9.78 Å². The monoisotopic (exact) mass is 382 g/mol. The van der Waals surface area contributed by atoms with Gasteiger partial charge in [0.25, 0.3) is 5.91 Å². The number of nitrogens with zero attached hydrogens (tertiary/aromatic N) is 2. The van der Waals surface area contributed by atoms with Crippen LogP contribution in [0.4, 0.5) is 0 Å². The fourth-order valence-corrected chi connectivity index (χ4v) is 2.98. The molecule has 1 amide bonds. The lowest BCUT2D eigenvalue weighted by Crippen LogP contribution is -2.33. The average Bonchev–Trinajstić information content (AvgIpc) is 3.07. The van der Waals surface area contributed by atoms with Crippen molar-refractivity contribution < 1.29 is 19.1 Å². The first kappa shape index (κ1) is 19.4. The minimum absolute atomic E-state index is 0.151. The van der Waals surface area contributed by atoms with Crippen molar-refractivity contribution in [1.29, 1.82) is 0 Å². The Hall–Kier alpha value is -1.96. The van der Waals surface area contributed by atoms with Crippen molar-refractivity contribution in [1.82, 2.24) is 9.88 Å². The molecule has 134 valence electrons. The van der Waals surface area contributed by atoms with Crippen LogP contribution in [0.15, 0.2) is 29.6 Å². The summed E-state index contributed by atoms with van der Waals surface area (Å²) < 4.78 is 10.0. The third-order valence-electron chi connectivity index (χ3n) is 3.31. The summed E-state index contributed by atoms with van der Waals surface area (Å²) in [6.07, 6.45) is 0. The van der Waals surface area contributed by atoms with E-state index in [1.807, 2.05) is 0 Å². The maximum absolute atomic E-state index is 12.7.